The molecule has 3 aromatic rings. The molecule has 1 aromatic heterocycles. The highest BCUT2D eigenvalue weighted by Crippen LogP contribution is 2.34. The van der Waals surface area contributed by atoms with Crippen LogP contribution in [0.4, 0.5) is 4.39 Å². The lowest BCUT2D eigenvalue weighted by Crippen LogP contribution is -2.29. The first-order valence-electron chi connectivity index (χ1n) is 8.61. The van der Waals surface area contributed by atoms with Crippen LogP contribution in [0, 0.1) is 5.82 Å². The molecule has 2 aromatic carbocycles. The van der Waals surface area contributed by atoms with Gasteiger partial charge in [0.05, 0.1) is 0 Å². The first-order valence-corrected chi connectivity index (χ1v) is 8.61. The molecule has 4 nitrogen and oxygen atoms in total. The largest absolute Gasteiger partial charge is 0.438 e. The van der Waals surface area contributed by atoms with Crippen LogP contribution in [0.25, 0.3) is 22.2 Å². The first-order chi connectivity index (χ1) is 12.2. The van der Waals surface area contributed by atoms with Crippen LogP contribution in [0.1, 0.15) is 38.1 Å². The zero-order valence-corrected chi connectivity index (χ0v) is 14.0. The standard InChI is InChI=1S/C20H19FN2O2/c1-2-19(24)23-10-4-7-17(23)20-22-16-12-14(8-9-18(16)25-20)13-5-3-6-15(21)11-13/h3,5-6,8-9,11-12,17H,2,4,7,10H2,1H3/t17-/m1/s1. The van der Waals surface area contributed by atoms with Crippen molar-refractivity contribution in [3.8, 4) is 11.1 Å². The molecule has 1 fully saturated rings. The molecule has 1 saturated heterocycles. The molecule has 1 amide bonds. The molecule has 1 aliphatic rings. The highest BCUT2D eigenvalue weighted by Gasteiger charge is 2.32. The van der Waals surface area contributed by atoms with Gasteiger partial charge in [0.2, 0.25) is 11.8 Å². The number of nitrogens with zero attached hydrogens (tertiary/aromatic N) is 2. The molecular formula is C20H19FN2O2. The van der Waals surface area contributed by atoms with Crippen molar-refractivity contribution in [1.82, 2.24) is 9.88 Å². The lowest BCUT2D eigenvalue weighted by Gasteiger charge is -2.21. The van der Waals surface area contributed by atoms with E-state index in [0.717, 1.165) is 36.0 Å². The average Bonchev–Trinajstić information content (AvgIpc) is 3.26. The van der Waals surface area contributed by atoms with E-state index in [1.54, 1.807) is 6.07 Å². The SMILES string of the molecule is CCC(=O)N1CCC[C@@H]1c1nc2cc(-c3cccc(F)c3)ccc2o1. The van der Waals surface area contributed by atoms with Gasteiger partial charge in [0.15, 0.2) is 5.58 Å². The van der Waals surface area contributed by atoms with Gasteiger partial charge in [-0.25, -0.2) is 9.37 Å². The average molecular weight is 338 g/mol. The van der Waals surface area contributed by atoms with Crippen LogP contribution in [0.2, 0.25) is 0 Å². The van der Waals surface area contributed by atoms with E-state index in [9.17, 15) is 9.18 Å². The molecule has 0 unspecified atom stereocenters. The number of fused-ring (bicyclic) bond motifs is 1. The third kappa shape index (κ3) is 2.90. The normalized spacial score (nSPS) is 17.4. The highest BCUT2D eigenvalue weighted by atomic mass is 19.1. The minimum Gasteiger partial charge on any atom is -0.438 e. The minimum absolute atomic E-state index is 0.0857. The molecule has 2 heterocycles. The molecule has 0 aliphatic carbocycles. The molecule has 0 N–H and O–H groups in total. The van der Waals surface area contributed by atoms with Crippen molar-refractivity contribution in [3.63, 3.8) is 0 Å². The zero-order chi connectivity index (χ0) is 17.4. The topological polar surface area (TPSA) is 46.3 Å². The van der Waals surface area contributed by atoms with Crippen molar-refractivity contribution < 1.29 is 13.6 Å². The quantitative estimate of drug-likeness (QED) is 0.695. The molecule has 0 radical (unpaired) electrons. The van der Waals surface area contributed by atoms with Crippen LogP contribution in [-0.2, 0) is 4.79 Å². The molecule has 25 heavy (non-hydrogen) atoms. The van der Waals surface area contributed by atoms with Gasteiger partial charge in [-0.1, -0.05) is 25.1 Å². The Morgan fingerprint density at radius 3 is 2.92 bits per heavy atom. The van der Waals surface area contributed by atoms with Gasteiger partial charge < -0.3 is 9.32 Å². The Morgan fingerprint density at radius 1 is 1.28 bits per heavy atom. The summed E-state index contributed by atoms with van der Waals surface area (Å²) in [6.45, 7) is 2.62. The number of carbonyl (C=O) groups excluding carboxylic acids is 1. The third-order valence-corrected chi connectivity index (χ3v) is 4.72. The van der Waals surface area contributed by atoms with Gasteiger partial charge in [0.25, 0.3) is 0 Å². The van der Waals surface area contributed by atoms with E-state index in [2.05, 4.69) is 4.98 Å². The predicted molar refractivity (Wildman–Crippen MR) is 93.4 cm³/mol. The maximum Gasteiger partial charge on any atom is 0.222 e. The molecule has 128 valence electrons. The smallest absolute Gasteiger partial charge is 0.222 e. The number of hydrogen-bond acceptors (Lipinski definition) is 3. The number of oxazole rings is 1. The number of aromatic nitrogens is 1. The van der Waals surface area contributed by atoms with Crippen molar-refractivity contribution in [1.29, 1.82) is 0 Å². The first kappa shape index (κ1) is 15.8. The van der Waals surface area contributed by atoms with Gasteiger partial charge in [-0.15, -0.1) is 0 Å². The van der Waals surface area contributed by atoms with Gasteiger partial charge in [0.1, 0.15) is 17.4 Å². The molecular weight excluding hydrogens is 319 g/mol. The van der Waals surface area contributed by atoms with Crippen LogP contribution in [0.15, 0.2) is 46.9 Å². The van der Waals surface area contributed by atoms with E-state index >= 15 is 0 Å². The lowest BCUT2D eigenvalue weighted by atomic mass is 10.1. The molecule has 0 saturated carbocycles. The Hall–Kier alpha value is -2.69. The molecule has 5 heteroatoms. The van der Waals surface area contributed by atoms with Gasteiger partial charge in [-0.2, -0.15) is 0 Å². The maximum absolute atomic E-state index is 13.5. The van der Waals surface area contributed by atoms with Crippen molar-refractivity contribution in [2.24, 2.45) is 0 Å². The monoisotopic (exact) mass is 338 g/mol. The minimum atomic E-state index is -0.266. The maximum atomic E-state index is 13.5. The number of carbonyl (C=O) groups is 1. The fourth-order valence-electron chi connectivity index (χ4n) is 3.46. The van der Waals surface area contributed by atoms with E-state index in [1.807, 2.05) is 36.1 Å². The number of likely N-dealkylation sites (tertiary alicyclic amines) is 1. The summed E-state index contributed by atoms with van der Waals surface area (Å²) in [6, 6.07) is 12.1. The van der Waals surface area contributed by atoms with E-state index in [0.29, 0.717) is 17.9 Å². The Kier molecular flexibility index (Phi) is 3.99. The van der Waals surface area contributed by atoms with Crippen LogP contribution >= 0.6 is 0 Å². The van der Waals surface area contributed by atoms with Gasteiger partial charge in [-0.3, -0.25) is 4.79 Å². The number of benzene rings is 2. The number of halogens is 1. The Morgan fingerprint density at radius 2 is 2.12 bits per heavy atom. The second-order valence-corrected chi connectivity index (χ2v) is 6.34. The summed E-state index contributed by atoms with van der Waals surface area (Å²) in [5, 5.41) is 0. The summed E-state index contributed by atoms with van der Waals surface area (Å²) in [7, 11) is 0. The van der Waals surface area contributed by atoms with Crippen molar-refractivity contribution >= 4 is 17.0 Å². The third-order valence-electron chi connectivity index (χ3n) is 4.72. The van der Waals surface area contributed by atoms with E-state index in [-0.39, 0.29) is 17.8 Å². The van der Waals surface area contributed by atoms with Crippen LogP contribution in [0.5, 0.6) is 0 Å². The Bertz CT molecular complexity index is 934. The molecule has 0 spiro atoms. The van der Waals surface area contributed by atoms with Crippen LogP contribution < -0.4 is 0 Å². The number of rotatable bonds is 3. The summed E-state index contributed by atoms with van der Waals surface area (Å²) in [5.74, 6) is 0.453. The van der Waals surface area contributed by atoms with E-state index in [4.69, 9.17) is 4.42 Å². The van der Waals surface area contributed by atoms with Crippen molar-refractivity contribution in [3.05, 3.63) is 54.2 Å². The van der Waals surface area contributed by atoms with Gasteiger partial charge >= 0.3 is 0 Å². The second kappa shape index (κ2) is 6.31. The number of hydrogen-bond donors (Lipinski definition) is 0. The highest BCUT2D eigenvalue weighted by molar-refractivity contribution is 5.81. The van der Waals surface area contributed by atoms with E-state index in [1.165, 1.54) is 12.1 Å². The van der Waals surface area contributed by atoms with Crippen LogP contribution in [0.3, 0.4) is 0 Å². The fourth-order valence-corrected chi connectivity index (χ4v) is 3.46. The molecule has 4 rings (SSSR count). The summed E-state index contributed by atoms with van der Waals surface area (Å²) in [5.41, 5.74) is 3.10. The Labute approximate surface area is 145 Å². The van der Waals surface area contributed by atoms with E-state index < -0.39 is 0 Å². The summed E-state index contributed by atoms with van der Waals surface area (Å²) in [4.78, 5) is 18.6. The van der Waals surface area contributed by atoms with Crippen molar-refractivity contribution in [2.45, 2.75) is 32.2 Å². The molecule has 0 bridgehead atoms. The number of amides is 1. The van der Waals surface area contributed by atoms with Crippen LogP contribution in [-0.4, -0.2) is 22.3 Å². The predicted octanol–water partition coefficient (Wildman–Crippen LogP) is 4.71. The summed E-state index contributed by atoms with van der Waals surface area (Å²) in [6.07, 6.45) is 2.32. The zero-order valence-electron chi connectivity index (χ0n) is 14.0. The summed E-state index contributed by atoms with van der Waals surface area (Å²) >= 11 is 0. The second-order valence-electron chi connectivity index (χ2n) is 6.34. The fraction of sp³-hybridized carbons (Fsp3) is 0.300. The Balaban J connectivity index is 1.70. The van der Waals surface area contributed by atoms with Crippen molar-refractivity contribution in [2.75, 3.05) is 6.54 Å². The molecule has 1 atom stereocenters. The molecule has 1 aliphatic heterocycles. The van der Waals surface area contributed by atoms with Gasteiger partial charge in [0, 0.05) is 13.0 Å². The summed E-state index contributed by atoms with van der Waals surface area (Å²) < 4.78 is 19.4. The van der Waals surface area contributed by atoms with Gasteiger partial charge in [-0.05, 0) is 48.2 Å². The lowest BCUT2D eigenvalue weighted by molar-refractivity contribution is -0.132.